The summed E-state index contributed by atoms with van der Waals surface area (Å²) in [6.45, 7) is 0. The number of fused-ring (bicyclic) bond motifs is 1. The maximum absolute atomic E-state index is 12.4. The molecule has 3 aromatic rings. The normalized spacial score (nSPS) is 13.2. The zero-order valence-corrected chi connectivity index (χ0v) is 15.0. The molecule has 136 valence electrons. The monoisotopic (exact) mass is 360 g/mol. The first-order valence-corrected chi connectivity index (χ1v) is 8.92. The van der Waals surface area contributed by atoms with Crippen LogP contribution in [0.2, 0.25) is 0 Å². The third-order valence-corrected chi connectivity index (χ3v) is 4.63. The number of hydrogen-bond donors (Lipinski definition) is 2. The Morgan fingerprint density at radius 1 is 0.852 bits per heavy atom. The van der Waals surface area contributed by atoms with Crippen molar-refractivity contribution in [2.75, 3.05) is 12.4 Å². The van der Waals surface area contributed by atoms with Gasteiger partial charge in [-0.05, 0) is 72.1 Å². The zero-order valence-electron chi connectivity index (χ0n) is 15.0. The van der Waals surface area contributed by atoms with Gasteiger partial charge in [0.15, 0.2) is 0 Å². The van der Waals surface area contributed by atoms with Gasteiger partial charge in [-0.2, -0.15) is 0 Å². The zero-order chi connectivity index (χ0) is 18.8. The van der Waals surface area contributed by atoms with Crippen LogP contribution in [0.15, 0.2) is 60.7 Å². The van der Waals surface area contributed by atoms with E-state index in [0.29, 0.717) is 28.6 Å². The van der Waals surface area contributed by atoms with Crippen LogP contribution in [0.4, 0.5) is 5.69 Å². The fourth-order valence-electron chi connectivity index (χ4n) is 2.91. The summed E-state index contributed by atoms with van der Waals surface area (Å²) in [6.07, 6.45) is 2.13. The molecular formula is C22H20N2O3. The first-order chi connectivity index (χ1) is 13.1. The van der Waals surface area contributed by atoms with E-state index in [4.69, 9.17) is 4.74 Å². The minimum Gasteiger partial charge on any atom is -0.497 e. The summed E-state index contributed by atoms with van der Waals surface area (Å²) in [5.41, 5.74) is 1.92. The second kappa shape index (κ2) is 7.11. The van der Waals surface area contributed by atoms with E-state index in [-0.39, 0.29) is 11.8 Å². The van der Waals surface area contributed by atoms with Gasteiger partial charge in [-0.25, -0.2) is 0 Å². The Balaban J connectivity index is 1.50. The number of ether oxygens (including phenoxy) is 1. The van der Waals surface area contributed by atoms with E-state index in [1.807, 2.05) is 36.4 Å². The van der Waals surface area contributed by atoms with Crippen LogP contribution >= 0.6 is 0 Å². The number of benzene rings is 3. The average Bonchev–Trinajstić information content (AvgIpc) is 3.51. The number of hydrogen-bond acceptors (Lipinski definition) is 3. The van der Waals surface area contributed by atoms with Gasteiger partial charge in [0, 0.05) is 22.9 Å². The summed E-state index contributed by atoms with van der Waals surface area (Å²) < 4.78 is 5.11. The minimum atomic E-state index is -0.183. The Morgan fingerprint density at radius 3 is 2.22 bits per heavy atom. The van der Waals surface area contributed by atoms with Crippen molar-refractivity contribution in [1.29, 1.82) is 0 Å². The largest absolute Gasteiger partial charge is 0.497 e. The van der Waals surface area contributed by atoms with E-state index in [0.717, 1.165) is 23.6 Å². The van der Waals surface area contributed by atoms with Crippen LogP contribution in [0.3, 0.4) is 0 Å². The molecule has 2 N–H and O–H groups in total. The topological polar surface area (TPSA) is 67.4 Å². The molecule has 0 saturated heterocycles. The number of rotatable bonds is 5. The van der Waals surface area contributed by atoms with Crippen molar-refractivity contribution in [3.05, 3.63) is 71.8 Å². The second-order valence-corrected chi connectivity index (χ2v) is 6.71. The highest BCUT2D eigenvalue weighted by molar-refractivity contribution is 6.05. The summed E-state index contributed by atoms with van der Waals surface area (Å²) in [7, 11) is 1.59. The van der Waals surface area contributed by atoms with E-state index in [2.05, 4.69) is 10.6 Å². The molecule has 0 bridgehead atoms. The van der Waals surface area contributed by atoms with Crippen molar-refractivity contribution < 1.29 is 14.3 Å². The fourth-order valence-corrected chi connectivity index (χ4v) is 2.91. The van der Waals surface area contributed by atoms with Crippen LogP contribution < -0.4 is 15.4 Å². The highest BCUT2D eigenvalue weighted by atomic mass is 16.5. The summed E-state index contributed by atoms with van der Waals surface area (Å²) in [4.78, 5) is 24.6. The molecule has 5 nitrogen and oxygen atoms in total. The lowest BCUT2D eigenvalue weighted by molar-refractivity contribution is 0.0950. The van der Waals surface area contributed by atoms with Crippen LogP contribution in [0.5, 0.6) is 5.75 Å². The number of anilines is 1. The smallest absolute Gasteiger partial charge is 0.255 e. The summed E-state index contributed by atoms with van der Waals surface area (Å²) in [5.74, 6) is 0.493. The number of carbonyl (C=O) groups is 2. The summed E-state index contributed by atoms with van der Waals surface area (Å²) in [5, 5.41) is 7.82. The van der Waals surface area contributed by atoms with Gasteiger partial charge in [0.05, 0.1) is 7.11 Å². The molecule has 0 unspecified atom stereocenters. The van der Waals surface area contributed by atoms with Crippen molar-refractivity contribution in [2.24, 2.45) is 0 Å². The van der Waals surface area contributed by atoms with E-state index in [9.17, 15) is 9.59 Å². The lowest BCUT2D eigenvalue weighted by atomic mass is 10.1. The highest BCUT2D eigenvalue weighted by Gasteiger charge is 2.23. The molecule has 0 aliphatic heterocycles. The number of nitrogens with one attached hydrogen (secondary N) is 2. The molecule has 0 aromatic heterocycles. The van der Waals surface area contributed by atoms with Gasteiger partial charge in [0.2, 0.25) is 0 Å². The molecule has 1 aliphatic rings. The quantitative estimate of drug-likeness (QED) is 0.723. The minimum absolute atomic E-state index is 0.0312. The molecular weight excluding hydrogens is 340 g/mol. The first-order valence-electron chi connectivity index (χ1n) is 8.92. The van der Waals surface area contributed by atoms with E-state index in [1.54, 1.807) is 31.4 Å². The Morgan fingerprint density at radius 2 is 1.52 bits per heavy atom. The van der Waals surface area contributed by atoms with Crippen molar-refractivity contribution in [3.63, 3.8) is 0 Å². The maximum atomic E-state index is 12.4. The molecule has 2 amide bonds. The molecule has 1 aliphatic carbocycles. The predicted molar refractivity (Wildman–Crippen MR) is 105 cm³/mol. The predicted octanol–water partition coefficient (Wildman–Crippen LogP) is 3.99. The van der Waals surface area contributed by atoms with Gasteiger partial charge in [-0.1, -0.05) is 12.1 Å². The van der Waals surface area contributed by atoms with Crippen LogP contribution in [-0.2, 0) is 0 Å². The number of amides is 2. The van der Waals surface area contributed by atoms with E-state index in [1.165, 1.54) is 0 Å². The fraction of sp³-hybridized carbons (Fsp3) is 0.182. The van der Waals surface area contributed by atoms with Gasteiger partial charge in [0.25, 0.3) is 11.8 Å². The third-order valence-electron chi connectivity index (χ3n) is 4.63. The highest BCUT2D eigenvalue weighted by Crippen LogP contribution is 2.23. The molecule has 1 fully saturated rings. The summed E-state index contributed by atoms with van der Waals surface area (Å²) in [6, 6.07) is 18.5. The number of carbonyl (C=O) groups excluding carboxylic acids is 2. The van der Waals surface area contributed by atoms with Crippen molar-refractivity contribution >= 4 is 28.3 Å². The average molecular weight is 360 g/mol. The Bertz CT molecular complexity index is 1010. The van der Waals surface area contributed by atoms with Crippen LogP contribution in [0, 0.1) is 0 Å². The van der Waals surface area contributed by atoms with Crippen LogP contribution in [0.1, 0.15) is 33.6 Å². The van der Waals surface area contributed by atoms with Crippen molar-refractivity contribution in [2.45, 2.75) is 18.9 Å². The van der Waals surface area contributed by atoms with Gasteiger partial charge < -0.3 is 15.4 Å². The van der Waals surface area contributed by atoms with Gasteiger partial charge in [-0.15, -0.1) is 0 Å². The van der Waals surface area contributed by atoms with Crippen LogP contribution in [0.25, 0.3) is 10.8 Å². The van der Waals surface area contributed by atoms with Gasteiger partial charge >= 0.3 is 0 Å². The first kappa shape index (κ1) is 17.1. The molecule has 27 heavy (non-hydrogen) atoms. The molecule has 0 heterocycles. The maximum Gasteiger partial charge on any atom is 0.255 e. The van der Waals surface area contributed by atoms with E-state index < -0.39 is 0 Å². The van der Waals surface area contributed by atoms with Crippen molar-refractivity contribution in [3.8, 4) is 5.75 Å². The van der Waals surface area contributed by atoms with Crippen LogP contribution in [-0.4, -0.2) is 25.0 Å². The molecule has 4 rings (SSSR count). The third kappa shape index (κ3) is 3.92. The molecule has 0 radical (unpaired) electrons. The Labute approximate surface area is 157 Å². The summed E-state index contributed by atoms with van der Waals surface area (Å²) >= 11 is 0. The van der Waals surface area contributed by atoms with E-state index >= 15 is 0 Å². The second-order valence-electron chi connectivity index (χ2n) is 6.71. The SMILES string of the molecule is COc1ccc(C(=O)Nc2ccc3cc(C(=O)NC4CC4)ccc3c2)cc1. The molecule has 1 saturated carbocycles. The number of methoxy groups -OCH3 is 1. The molecule has 5 heteroatoms. The lowest BCUT2D eigenvalue weighted by Crippen LogP contribution is -2.25. The lowest BCUT2D eigenvalue weighted by Gasteiger charge is -2.09. The standard InChI is InChI=1S/C22H20N2O3/c1-27-20-10-5-14(6-11-20)21(25)24-19-7-4-15-12-17(3-2-16(15)13-19)22(26)23-18-8-9-18/h2-7,10-13,18H,8-9H2,1H3,(H,23,26)(H,24,25). The molecule has 0 spiro atoms. The molecule has 3 aromatic carbocycles. The van der Waals surface area contributed by atoms with Crippen molar-refractivity contribution in [1.82, 2.24) is 5.32 Å². The Kier molecular flexibility index (Phi) is 4.50. The van der Waals surface area contributed by atoms with Gasteiger partial charge in [0.1, 0.15) is 5.75 Å². The van der Waals surface area contributed by atoms with Gasteiger partial charge in [-0.3, -0.25) is 9.59 Å². The Hall–Kier alpha value is -3.34. The molecule has 0 atom stereocenters.